The fourth-order valence-corrected chi connectivity index (χ4v) is 2.07. The van der Waals surface area contributed by atoms with E-state index in [1.54, 1.807) is 18.1 Å². The van der Waals surface area contributed by atoms with Crippen LogP contribution in [-0.2, 0) is 0 Å². The Balaban J connectivity index is 2.30. The molecule has 2 aromatic rings. The number of anilines is 3. The second-order valence-corrected chi connectivity index (χ2v) is 4.74. The number of para-hydroxylation sites is 1. The van der Waals surface area contributed by atoms with Gasteiger partial charge in [0.05, 0.1) is 5.69 Å². The summed E-state index contributed by atoms with van der Waals surface area (Å²) in [6.45, 7) is 1.94. The molecule has 1 aromatic carbocycles. The van der Waals surface area contributed by atoms with E-state index in [1.807, 2.05) is 38.2 Å². The van der Waals surface area contributed by atoms with Gasteiger partial charge in [0, 0.05) is 16.7 Å². The standard InChI is InChI=1S/C12H15N5S/c1-8-7-15-12(13)17-11(8)16-9-5-3-4-6-10(9)18-14-2/h3-7,14H,1-2H3,(H3,13,15,16,17). The summed E-state index contributed by atoms with van der Waals surface area (Å²) < 4.78 is 3.06. The number of nitrogens with one attached hydrogen (secondary N) is 2. The summed E-state index contributed by atoms with van der Waals surface area (Å²) >= 11 is 1.54. The van der Waals surface area contributed by atoms with Crippen molar-refractivity contribution < 1.29 is 0 Å². The van der Waals surface area contributed by atoms with Crippen molar-refractivity contribution in [2.75, 3.05) is 18.1 Å². The van der Waals surface area contributed by atoms with Crippen molar-refractivity contribution in [1.29, 1.82) is 0 Å². The van der Waals surface area contributed by atoms with Gasteiger partial charge in [-0.05, 0) is 38.1 Å². The molecule has 5 nitrogen and oxygen atoms in total. The van der Waals surface area contributed by atoms with Crippen LogP contribution in [-0.4, -0.2) is 17.0 Å². The van der Waals surface area contributed by atoms with Crippen LogP contribution in [0, 0.1) is 6.92 Å². The van der Waals surface area contributed by atoms with Gasteiger partial charge < -0.3 is 11.1 Å². The number of nitrogen functional groups attached to an aromatic ring is 1. The molecule has 18 heavy (non-hydrogen) atoms. The molecule has 0 fully saturated rings. The van der Waals surface area contributed by atoms with Crippen molar-refractivity contribution >= 4 is 29.4 Å². The predicted molar refractivity (Wildman–Crippen MR) is 75.8 cm³/mol. The minimum atomic E-state index is 0.266. The SMILES string of the molecule is CNSc1ccccc1Nc1nc(N)ncc1C. The van der Waals surface area contributed by atoms with Crippen LogP contribution >= 0.6 is 11.9 Å². The summed E-state index contributed by atoms with van der Waals surface area (Å²) in [4.78, 5) is 9.24. The van der Waals surface area contributed by atoms with E-state index in [2.05, 4.69) is 20.0 Å². The van der Waals surface area contributed by atoms with Crippen molar-refractivity contribution in [3.05, 3.63) is 36.0 Å². The summed E-state index contributed by atoms with van der Waals surface area (Å²) in [6.07, 6.45) is 1.71. The maximum Gasteiger partial charge on any atom is 0.221 e. The Labute approximate surface area is 110 Å². The van der Waals surface area contributed by atoms with Crippen LogP contribution in [0.2, 0.25) is 0 Å². The lowest BCUT2D eigenvalue weighted by Crippen LogP contribution is -2.03. The summed E-state index contributed by atoms with van der Waals surface area (Å²) in [5, 5.41) is 3.27. The fourth-order valence-electron chi connectivity index (χ4n) is 1.48. The molecule has 6 heteroatoms. The van der Waals surface area contributed by atoms with E-state index in [9.17, 15) is 0 Å². The van der Waals surface area contributed by atoms with Crippen LogP contribution in [0.3, 0.4) is 0 Å². The first kappa shape index (κ1) is 12.7. The number of hydrogen-bond acceptors (Lipinski definition) is 6. The van der Waals surface area contributed by atoms with Crippen molar-refractivity contribution in [3.63, 3.8) is 0 Å². The van der Waals surface area contributed by atoms with Crippen LogP contribution in [0.1, 0.15) is 5.56 Å². The molecule has 0 saturated heterocycles. The summed E-state index contributed by atoms with van der Waals surface area (Å²) in [7, 11) is 1.88. The Kier molecular flexibility index (Phi) is 4.01. The van der Waals surface area contributed by atoms with Crippen molar-refractivity contribution in [3.8, 4) is 0 Å². The number of aromatic nitrogens is 2. The first-order valence-electron chi connectivity index (χ1n) is 5.49. The van der Waals surface area contributed by atoms with Gasteiger partial charge in [-0.1, -0.05) is 12.1 Å². The topological polar surface area (TPSA) is 75.9 Å². The highest BCUT2D eigenvalue weighted by molar-refractivity contribution is 7.97. The number of nitrogens with two attached hydrogens (primary N) is 1. The van der Waals surface area contributed by atoms with Crippen LogP contribution in [0.15, 0.2) is 35.4 Å². The number of hydrogen-bond donors (Lipinski definition) is 3. The zero-order valence-corrected chi connectivity index (χ0v) is 11.1. The summed E-state index contributed by atoms with van der Waals surface area (Å²) in [5.41, 5.74) is 7.53. The highest BCUT2D eigenvalue weighted by Crippen LogP contribution is 2.27. The van der Waals surface area contributed by atoms with Gasteiger partial charge in [0.2, 0.25) is 5.95 Å². The largest absolute Gasteiger partial charge is 0.368 e. The van der Waals surface area contributed by atoms with Crippen LogP contribution < -0.4 is 15.8 Å². The number of benzene rings is 1. The molecule has 1 aromatic heterocycles. The third-order valence-corrected chi connectivity index (χ3v) is 3.12. The van der Waals surface area contributed by atoms with E-state index in [0.717, 1.165) is 22.0 Å². The smallest absolute Gasteiger partial charge is 0.221 e. The second kappa shape index (κ2) is 5.70. The predicted octanol–water partition coefficient (Wildman–Crippen LogP) is 2.34. The van der Waals surface area contributed by atoms with Crippen LogP contribution in [0.5, 0.6) is 0 Å². The lowest BCUT2D eigenvalue weighted by Gasteiger charge is -2.12. The molecule has 2 rings (SSSR count). The Hall–Kier alpha value is -1.79. The van der Waals surface area contributed by atoms with Gasteiger partial charge in [0.1, 0.15) is 5.82 Å². The highest BCUT2D eigenvalue weighted by atomic mass is 32.2. The molecule has 0 bridgehead atoms. The maximum absolute atomic E-state index is 5.60. The molecule has 0 aliphatic rings. The van der Waals surface area contributed by atoms with E-state index >= 15 is 0 Å². The van der Waals surface area contributed by atoms with Gasteiger partial charge in [-0.3, -0.25) is 4.72 Å². The van der Waals surface area contributed by atoms with Gasteiger partial charge in [0.25, 0.3) is 0 Å². The lowest BCUT2D eigenvalue weighted by molar-refractivity contribution is 1.14. The van der Waals surface area contributed by atoms with Gasteiger partial charge in [-0.2, -0.15) is 4.98 Å². The summed E-state index contributed by atoms with van der Waals surface area (Å²) in [5.74, 6) is 0.994. The van der Waals surface area contributed by atoms with Gasteiger partial charge in [-0.15, -0.1) is 0 Å². The average molecular weight is 261 g/mol. The first-order valence-corrected chi connectivity index (χ1v) is 6.31. The monoisotopic (exact) mass is 261 g/mol. The molecule has 94 valence electrons. The molecule has 0 amide bonds. The van der Waals surface area contributed by atoms with Gasteiger partial charge >= 0.3 is 0 Å². The van der Waals surface area contributed by atoms with Crippen LogP contribution in [0.25, 0.3) is 0 Å². The Morgan fingerprint density at radius 1 is 1.28 bits per heavy atom. The van der Waals surface area contributed by atoms with Crippen molar-refractivity contribution in [2.45, 2.75) is 11.8 Å². The Morgan fingerprint density at radius 3 is 2.83 bits per heavy atom. The maximum atomic E-state index is 5.60. The molecule has 1 heterocycles. The van der Waals surface area contributed by atoms with Gasteiger partial charge in [-0.25, -0.2) is 4.98 Å². The van der Waals surface area contributed by atoms with Crippen molar-refractivity contribution in [1.82, 2.24) is 14.7 Å². The molecule has 0 unspecified atom stereocenters. The fraction of sp³-hybridized carbons (Fsp3) is 0.167. The molecule has 0 saturated carbocycles. The van der Waals surface area contributed by atoms with E-state index in [0.29, 0.717) is 0 Å². The highest BCUT2D eigenvalue weighted by Gasteiger charge is 2.06. The van der Waals surface area contributed by atoms with E-state index < -0.39 is 0 Å². The number of aryl methyl sites for hydroxylation is 1. The molecule has 0 aliphatic heterocycles. The van der Waals surface area contributed by atoms with E-state index in [1.165, 1.54) is 0 Å². The molecule has 4 N–H and O–H groups in total. The van der Waals surface area contributed by atoms with E-state index in [-0.39, 0.29) is 5.95 Å². The molecular formula is C12H15N5S. The molecule has 0 atom stereocenters. The third-order valence-electron chi connectivity index (χ3n) is 2.34. The number of rotatable bonds is 4. The normalized spacial score (nSPS) is 10.3. The van der Waals surface area contributed by atoms with Crippen molar-refractivity contribution in [2.24, 2.45) is 0 Å². The minimum absolute atomic E-state index is 0.266. The minimum Gasteiger partial charge on any atom is -0.368 e. The summed E-state index contributed by atoms with van der Waals surface area (Å²) in [6, 6.07) is 7.99. The first-order chi connectivity index (χ1) is 8.70. The quantitative estimate of drug-likeness (QED) is 0.733. The zero-order valence-electron chi connectivity index (χ0n) is 10.3. The Bertz CT molecular complexity index is 544. The molecular weight excluding hydrogens is 246 g/mol. The number of nitrogens with zero attached hydrogens (tertiary/aromatic N) is 2. The molecule has 0 aliphatic carbocycles. The second-order valence-electron chi connectivity index (χ2n) is 3.69. The Morgan fingerprint density at radius 2 is 2.06 bits per heavy atom. The van der Waals surface area contributed by atoms with Gasteiger partial charge in [0.15, 0.2) is 0 Å². The molecule has 0 radical (unpaired) electrons. The third kappa shape index (κ3) is 2.91. The average Bonchev–Trinajstić information content (AvgIpc) is 2.36. The molecule has 0 spiro atoms. The van der Waals surface area contributed by atoms with E-state index in [4.69, 9.17) is 5.73 Å². The zero-order chi connectivity index (χ0) is 13.0. The van der Waals surface area contributed by atoms with Crippen LogP contribution in [0.4, 0.5) is 17.5 Å². The lowest BCUT2D eigenvalue weighted by atomic mass is 10.3.